The second-order valence-electron chi connectivity index (χ2n) is 5.25. The molecule has 4 nitrogen and oxygen atoms in total. The first-order chi connectivity index (χ1) is 10.6. The maximum Gasteiger partial charge on any atom is 0.326 e. The van der Waals surface area contributed by atoms with E-state index in [1.165, 1.54) is 0 Å². The fraction of sp³-hybridized carbons (Fsp3) is 0.222. The van der Waals surface area contributed by atoms with Gasteiger partial charge in [-0.25, -0.2) is 4.79 Å². The van der Waals surface area contributed by atoms with Crippen molar-refractivity contribution in [3.05, 3.63) is 71.8 Å². The van der Waals surface area contributed by atoms with Gasteiger partial charge in [-0.05, 0) is 11.1 Å². The van der Waals surface area contributed by atoms with E-state index >= 15 is 0 Å². The predicted octanol–water partition coefficient (Wildman–Crippen LogP) is 2.60. The molecular formula is C18H19NO3. The molecule has 0 aliphatic carbocycles. The molecule has 0 aromatic heterocycles. The zero-order chi connectivity index (χ0) is 15.9. The lowest BCUT2D eigenvalue weighted by molar-refractivity contribution is -0.142. The molecule has 1 amide bonds. The molecule has 0 fully saturated rings. The average Bonchev–Trinajstić information content (AvgIpc) is 2.53. The quantitative estimate of drug-likeness (QED) is 0.861. The van der Waals surface area contributed by atoms with E-state index in [1.54, 1.807) is 6.92 Å². The molecule has 2 atom stereocenters. The number of aliphatic carboxylic acids is 1. The summed E-state index contributed by atoms with van der Waals surface area (Å²) in [5.74, 6) is -1.63. The van der Waals surface area contributed by atoms with Crippen molar-refractivity contribution in [2.45, 2.75) is 25.3 Å². The molecule has 22 heavy (non-hydrogen) atoms. The second kappa shape index (κ2) is 7.41. The molecule has 0 saturated heterocycles. The molecule has 2 N–H and O–H groups in total. The van der Waals surface area contributed by atoms with Gasteiger partial charge in [-0.2, -0.15) is 0 Å². The van der Waals surface area contributed by atoms with Gasteiger partial charge in [-0.15, -0.1) is 0 Å². The number of nitrogens with one attached hydrogen (secondary N) is 1. The van der Waals surface area contributed by atoms with Crippen LogP contribution >= 0.6 is 0 Å². The zero-order valence-electron chi connectivity index (χ0n) is 12.4. The van der Waals surface area contributed by atoms with Crippen molar-refractivity contribution in [3.63, 3.8) is 0 Å². The molecule has 0 spiro atoms. The van der Waals surface area contributed by atoms with Crippen LogP contribution in [0.4, 0.5) is 0 Å². The van der Waals surface area contributed by atoms with Crippen LogP contribution in [-0.4, -0.2) is 23.0 Å². The molecule has 0 saturated carbocycles. The smallest absolute Gasteiger partial charge is 0.326 e. The van der Waals surface area contributed by atoms with E-state index in [4.69, 9.17) is 0 Å². The molecule has 2 rings (SSSR count). The summed E-state index contributed by atoms with van der Waals surface area (Å²) in [6.07, 6.45) is 0.173. The lowest BCUT2D eigenvalue weighted by atomic mass is 9.93. The summed E-state index contributed by atoms with van der Waals surface area (Å²) < 4.78 is 0. The monoisotopic (exact) mass is 297 g/mol. The van der Waals surface area contributed by atoms with E-state index in [0.29, 0.717) is 0 Å². The van der Waals surface area contributed by atoms with Crippen molar-refractivity contribution in [3.8, 4) is 0 Å². The molecule has 0 aliphatic heterocycles. The van der Waals surface area contributed by atoms with Gasteiger partial charge in [0, 0.05) is 5.92 Å². The van der Waals surface area contributed by atoms with Crippen LogP contribution in [0.5, 0.6) is 0 Å². The molecule has 114 valence electrons. The summed E-state index contributed by atoms with van der Waals surface area (Å²) in [5.41, 5.74) is 1.74. The summed E-state index contributed by atoms with van der Waals surface area (Å²) in [4.78, 5) is 23.6. The third kappa shape index (κ3) is 4.19. The summed E-state index contributed by atoms with van der Waals surface area (Å²) >= 11 is 0. The third-order valence-corrected chi connectivity index (χ3v) is 3.62. The van der Waals surface area contributed by atoms with E-state index in [-0.39, 0.29) is 18.2 Å². The minimum Gasteiger partial charge on any atom is -0.480 e. The van der Waals surface area contributed by atoms with Crippen LogP contribution in [0.15, 0.2) is 60.7 Å². The highest BCUT2D eigenvalue weighted by Gasteiger charge is 2.27. The summed E-state index contributed by atoms with van der Waals surface area (Å²) in [6, 6.07) is 17.6. The fourth-order valence-corrected chi connectivity index (χ4v) is 2.36. The molecule has 0 bridgehead atoms. The number of hydrogen-bond acceptors (Lipinski definition) is 2. The highest BCUT2D eigenvalue weighted by molar-refractivity contribution is 5.85. The Bertz CT molecular complexity index is 625. The summed E-state index contributed by atoms with van der Waals surface area (Å²) in [5, 5.41) is 12.0. The third-order valence-electron chi connectivity index (χ3n) is 3.62. The topological polar surface area (TPSA) is 66.4 Å². The molecule has 2 aromatic carbocycles. The van der Waals surface area contributed by atoms with Gasteiger partial charge in [0.15, 0.2) is 0 Å². The first kappa shape index (κ1) is 15.8. The number of carboxylic acids is 1. The van der Waals surface area contributed by atoms with E-state index < -0.39 is 12.0 Å². The largest absolute Gasteiger partial charge is 0.480 e. The highest BCUT2D eigenvalue weighted by atomic mass is 16.4. The number of amides is 1. The van der Waals surface area contributed by atoms with Crippen LogP contribution in [0.3, 0.4) is 0 Å². The number of carboxylic acid groups (broad SMARTS) is 1. The molecule has 4 heteroatoms. The van der Waals surface area contributed by atoms with Crippen LogP contribution in [-0.2, 0) is 16.0 Å². The first-order valence-corrected chi connectivity index (χ1v) is 7.19. The molecule has 2 aromatic rings. The van der Waals surface area contributed by atoms with Crippen LogP contribution in [0, 0.1) is 0 Å². The zero-order valence-corrected chi connectivity index (χ0v) is 12.4. The maximum atomic E-state index is 12.1. The van der Waals surface area contributed by atoms with Gasteiger partial charge in [-0.3, -0.25) is 4.79 Å². The number of rotatable bonds is 6. The first-order valence-electron chi connectivity index (χ1n) is 7.19. The van der Waals surface area contributed by atoms with Gasteiger partial charge in [0.2, 0.25) is 5.91 Å². The van der Waals surface area contributed by atoms with Crippen LogP contribution in [0.2, 0.25) is 0 Å². The van der Waals surface area contributed by atoms with Crippen molar-refractivity contribution >= 4 is 11.9 Å². The van der Waals surface area contributed by atoms with Crippen molar-refractivity contribution in [1.82, 2.24) is 5.32 Å². The van der Waals surface area contributed by atoms with E-state index in [2.05, 4.69) is 5.32 Å². The minimum absolute atomic E-state index is 0.173. The average molecular weight is 297 g/mol. The SMILES string of the molecule is CC(c1ccccc1)[C@H](NC(=O)Cc1ccccc1)C(=O)O. The Labute approximate surface area is 129 Å². The Morgan fingerprint density at radius 3 is 2.09 bits per heavy atom. The van der Waals surface area contributed by atoms with Crippen LogP contribution < -0.4 is 5.32 Å². The van der Waals surface area contributed by atoms with Crippen molar-refractivity contribution in [2.24, 2.45) is 0 Å². The Hall–Kier alpha value is -2.62. The standard InChI is InChI=1S/C18H19NO3/c1-13(15-10-6-3-7-11-15)17(18(21)22)19-16(20)12-14-8-4-2-5-9-14/h2-11,13,17H,12H2,1H3,(H,19,20)(H,21,22)/t13?,17-/m0/s1. The van der Waals surface area contributed by atoms with Gasteiger partial charge in [-0.1, -0.05) is 67.6 Å². The predicted molar refractivity (Wildman–Crippen MR) is 84.6 cm³/mol. The molecule has 0 radical (unpaired) electrons. The molecule has 0 heterocycles. The number of benzene rings is 2. The van der Waals surface area contributed by atoms with E-state index in [9.17, 15) is 14.7 Å². The van der Waals surface area contributed by atoms with Crippen LogP contribution in [0.25, 0.3) is 0 Å². The van der Waals surface area contributed by atoms with Crippen molar-refractivity contribution in [1.29, 1.82) is 0 Å². The number of hydrogen-bond donors (Lipinski definition) is 2. The van der Waals surface area contributed by atoms with Gasteiger partial charge in [0.05, 0.1) is 6.42 Å². The summed E-state index contributed by atoms with van der Waals surface area (Å²) in [6.45, 7) is 1.80. The fourth-order valence-electron chi connectivity index (χ4n) is 2.36. The lowest BCUT2D eigenvalue weighted by Gasteiger charge is -2.22. The molecule has 0 aliphatic rings. The Morgan fingerprint density at radius 1 is 1.00 bits per heavy atom. The van der Waals surface area contributed by atoms with Crippen molar-refractivity contribution in [2.75, 3.05) is 0 Å². The Balaban J connectivity index is 2.06. The van der Waals surface area contributed by atoms with Crippen molar-refractivity contribution < 1.29 is 14.7 Å². The van der Waals surface area contributed by atoms with Gasteiger partial charge < -0.3 is 10.4 Å². The lowest BCUT2D eigenvalue weighted by Crippen LogP contribution is -2.44. The molecular weight excluding hydrogens is 278 g/mol. The summed E-state index contributed by atoms with van der Waals surface area (Å²) in [7, 11) is 0. The normalized spacial score (nSPS) is 13.1. The van der Waals surface area contributed by atoms with Gasteiger partial charge >= 0.3 is 5.97 Å². The second-order valence-corrected chi connectivity index (χ2v) is 5.25. The molecule has 1 unspecified atom stereocenters. The maximum absolute atomic E-state index is 12.1. The van der Waals surface area contributed by atoms with Gasteiger partial charge in [0.1, 0.15) is 6.04 Å². The van der Waals surface area contributed by atoms with Crippen LogP contribution in [0.1, 0.15) is 24.0 Å². The highest BCUT2D eigenvalue weighted by Crippen LogP contribution is 2.19. The Morgan fingerprint density at radius 2 is 1.55 bits per heavy atom. The minimum atomic E-state index is -1.03. The van der Waals surface area contributed by atoms with E-state index in [0.717, 1.165) is 11.1 Å². The van der Waals surface area contributed by atoms with Gasteiger partial charge in [0.25, 0.3) is 0 Å². The Kier molecular flexibility index (Phi) is 5.31. The van der Waals surface area contributed by atoms with E-state index in [1.807, 2.05) is 60.7 Å². The number of carbonyl (C=O) groups is 2. The number of carbonyl (C=O) groups excluding carboxylic acids is 1.